The van der Waals surface area contributed by atoms with E-state index in [-0.39, 0.29) is 11.7 Å². The molecule has 2 aromatic carbocycles. The number of hydrogen-bond donors (Lipinski definition) is 2. The monoisotopic (exact) mass is 431 g/mol. The number of rotatable bonds is 7. The highest BCUT2D eigenvalue weighted by molar-refractivity contribution is 7.99. The number of aromatic nitrogens is 3. The summed E-state index contributed by atoms with van der Waals surface area (Å²) in [5, 5.41) is 11.7. The van der Waals surface area contributed by atoms with Gasteiger partial charge in [0.15, 0.2) is 5.82 Å². The molecule has 1 amide bonds. The lowest BCUT2D eigenvalue weighted by Crippen LogP contribution is -2.16. The Balaban J connectivity index is 1.59. The number of nitrogens with one attached hydrogen (secondary N) is 1. The van der Waals surface area contributed by atoms with Crippen molar-refractivity contribution in [3.05, 3.63) is 59.1 Å². The van der Waals surface area contributed by atoms with Gasteiger partial charge in [-0.15, -0.1) is 10.2 Å². The first-order valence-corrected chi connectivity index (χ1v) is 10.0. The average molecular weight is 432 g/mol. The third-order valence-corrected chi connectivity index (χ3v) is 5.06. The SMILES string of the molecule is CCOC(=O)c1ccc(NC(=O)CSc2nnc(-c3ccccc3Cl)n2N)cc1. The van der Waals surface area contributed by atoms with Gasteiger partial charge in [0.2, 0.25) is 11.1 Å². The van der Waals surface area contributed by atoms with Crippen LogP contribution in [0.15, 0.2) is 53.7 Å². The summed E-state index contributed by atoms with van der Waals surface area (Å²) in [7, 11) is 0. The lowest BCUT2D eigenvalue weighted by Gasteiger charge is -2.07. The van der Waals surface area contributed by atoms with Crippen LogP contribution in [0.1, 0.15) is 17.3 Å². The number of nitrogens with zero attached hydrogens (tertiary/aromatic N) is 3. The first-order chi connectivity index (χ1) is 14.0. The molecule has 10 heteroatoms. The van der Waals surface area contributed by atoms with Gasteiger partial charge in [0, 0.05) is 11.3 Å². The second-order valence-corrected chi connectivity index (χ2v) is 7.14. The number of carbonyl (C=O) groups is 2. The summed E-state index contributed by atoms with van der Waals surface area (Å²) in [4.78, 5) is 23.9. The predicted molar refractivity (Wildman–Crippen MR) is 112 cm³/mol. The second-order valence-electron chi connectivity index (χ2n) is 5.79. The third kappa shape index (κ3) is 5.07. The predicted octanol–water partition coefficient (Wildman–Crippen LogP) is 3.22. The van der Waals surface area contributed by atoms with Crippen molar-refractivity contribution in [1.82, 2.24) is 14.9 Å². The molecule has 1 heterocycles. The number of ether oxygens (including phenoxy) is 1. The maximum atomic E-state index is 12.2. The minimum Gasteiger partial charge on any atom is -0.462 e. The summed E-state index contributed by atoms with van der Waals surface area (Å²) in [6.45, 7) is 2.04. The van der Waals surface area contributed by atoms with Crippen molar-refractivity contribution in [2.24, 2.45) is 0 Å². The first kappa shape index (κ1) is 20.7. The van der Waals surface area contributed by atoms with Crippen LogP contribution < -0.4 is 11.2 Å². The van der Waals surface area contributed by atoms with Crippen LogP contribution in [0.4, 0.5) is 5.69 Å². The van der Waals surface area contributed by atoms with Crippen LogP contribution in [0.5, 0.6) is 0 Å². The molecule has 29 heavy (non-hydrogen) atoms. The van der Waals surface area contributed by atoms with Crippen molar-refractivity contribution in [3.8, 4) is 11.4 Å². The van der Waals surface area contributed by atoms with Gasteiger partial charge in [-0.3, -0.25) is 4.79 Å². The fraction of sp³-hybridized carbons (Fsp3) is 0.158. The average Bonchev–Trinajstić information content (AvgIpc) is 3.08. The van der Waals surface area contributed by atoms with Gasteiger partial charge < -0.3 is 15.9 Å². The minimum atomic E-state index is -0.405. The molecule has 0 aliphatic carbocycles. The molecule has 0 saturated carbocycles. The second kappa shape index (κ2) is 9.44. The Morgan fingerprint density at radius 3 is 2.59 bits per heavy atom. The summed E-state index contributed by atoms with van der Waals surface area (Å²) < 4.78 is 6.22. The zero-order chi connectivity index (χ0) is 20.8. The number of esters is 1. The molecular weight excluding hydrogens is 414 g/mol. The van der Waals surface area contributed by atoms with E-state index in [1.807, 2.05) is 12.1 Å². The van der Waals surface area contributed by atoms with Gasteiger partial charge in [-0.1, -0.05) is 35.5 Å². The van der Waals surface area contributed by atoms with Crippen LogP contribution in [0, 0.1) is 0 Å². The van der Waals surface area contributed by atoms with Gasteiger partial charge >= 0.3 is 5.97 Å². The summed E-state index contributed by atoms with van der Waals surface area (Å²) in [5.41, 5.74) is 1.64. The van der Waals surface area contributed by atoms with E-state index in [0.29, 0.717) is 39.4 Å². The molecule has 1 aromatic heterocycles. The summed E-state index contributed by atoms with van der Waals surface area (Å²) in [6.07, 6.45) is 0. The topological polar surface area (TPSA) is 112 Å². The van der Waals surface area contributed by atoms with E-state index in [0.717, 1.165) is 11.8 Å². The normalized spacial score (nSPS) is 10.6. The number of amides is 1. The van der Waals surface area contributed by atoms with Crippen LogP contribution in [0.3, 0.4) is 0 Å². The number of nitrogens with two attached hydrogens (primary N) is 1. The van der Waals surface area contributed by atoms with E-state index in [1.165, 1.54) is 4.68 Å². The summed E-state index contributed by atoms with van der Waals surface area (Å²) in [5.74, 6) is 5.89. The van der Waals surface area contributed by atoms with Crippen molar-refractivity contribution in [2.75, 3.05) is 23.5 Å². The molecule has 0 atom stereocenters. The molecule has 0 spiro atoms. The Hall–Kier alpha value is -3.04. The molecule has 3 N–H and O–H groups in total. The molecule has 0 unspecified atom stereocenters. The Morgan fingerprint density at radius 1 is 1.17 bits per heavy atom. The van der Waals surface area contributed by atoms with E-state index in [1.54, 1.807) is 43.3 Å². The van der Waals surface area contributed by atoms with Gasteiger partial charge in [0.25, 0.3) is 0 Å². The maximum Gasteiger partial charge on any atom is 0.338 e. The Kier molecular flexibility index (Phi) is 6.73. The van der Waals surface area contributed by atoms with E-state index in [9.17, 15) is 9.59 Å². The Morgan fingerprint density at radius 2 is 1.90 bits per heavy atom. The van der Waals surface area contributed by atoms with E-state index in [2.05, 4.69) is 15.5 Å². The molecule has 0 aliphatic rings. The van der Waals surface area contributed by atoms with E-state index < -0.39 is 5.97 Å². The molecule has 0 bridgehead atoms. The number of carbonyl (C=O) groups excluding carboxylic acids is 2. The Bertz CT molecular complexity index is 1020. The summed E-state index contributed by atoms with van der Waals surface area (Å²) >= 11 is 7.31. The van der Waals surface area contributed by atoms with Crippen LogP contribution in [-0.2, 0) is 9.53 Å². The number of thioether (sulfide) groups is 1. The van der Waals surface area contributed by atoms with Crippen molar-refractivity contribution < 1.29 is 14.3 Å². The molecule has 0 aliphatic heterocycles. The van der Waals surface area contributed by atoms with Crippen molar-refractivity contribution in [2.45, 2.75) is 12.1 Å². The molecular formula is C19H18ClN5O3S. The lowest BCUT2D eigenvalue weighted by atomic mass is 10.2. The van der Waals surface area contributed by atoms with Crippen LogP contribution in [-0.4, -0.2) is 39.1 Å². The fourth-order valence-electron chi connectivity index (χ4n) is 2.43. The van der Waals surface area contributed by atoms with E-state index >= 15 is 0 Å². The zero-order valence-electron chi connectivity index (χ0n) is 15.5. The molecule has 0 radical (unpaired) electrons. The van der Waals surface area contributed by atoms with Crippen molar-refractivity contribution in [3.63, 3.8) is 0 Å². The molecule has 8 nitrogen and oxygen atoms in total. The van der Waals surface area contributed by atoms with Gasteiger partial charge in [0.05, 0.1) is 22.9 Å². The van der Waals surface area contributed by atoms with Gasteiger partial charge in [-0.05, 0) is 43.3 Å². The highest BCUT2D eigenvalue weighted by Gasteiger charge is 2.16. The highest BCUT2D eigenvalue weighted by Crippen LogP contribution is 2.27. The third-order valence-electron chi connectivity index (χ3n) is 3.79. The molecule has 0 fully saturated rings. The van der Waals surface area contributed by atoms with Gasteiger partial charge in [0.1, 0.15) is 0 Å². The Labute approximate surface area is 176 Å². The quantitative estimate of drug-likeness (QED) is 0.335. The smallest absolute Gasteiger partial charge is 0.338 e. The van der Waals surface area contributed by atoms with E-state index in [4.69, 9.17) is 22.2 Å². The molecule has 3 rings (SSSR count). The molecule has 150 valence electrons. The standard InChI is InChI=1S/C19H18ClN5O3S/c1-2-28-18(27)12-7-9-13(10-8-12)22-16(26)11-29-19-24-23-17(25(19)21)14-5-3-4-6-15(14)20/h3-10H,2,11,21H2,1H3,(H,22,26). The minimum absolute atomic E-state index is 0.0808. The number of benzene rings is 2. The number of halogens is 1. The first-order valence-electron chi connectivity index (χ1n) is 8.64. The fourth-order valence-corrected chi connectivity index (χ4v) is 3.31. The highest BCUT2D eigenvalue weighted by atomic mass is 35.5. The number of nitrogen functional groups attached to an aromatic ring is 1. The number of anilines is 1. The maximum absolute atomic E-state index is 12.2. The number of hydrogen-bond acceptors (Lipinski definition) is 7. The lowest BCUT2D eigenvalue weighted by molar-refractivity contribution is -0.113. The summed E-state index contributed by atoms with van der Waals surface area (Å²) in [6, 6.07) is 13.6. The van der Waals surface area contributed by atoms with Crippen LogP contribution >= 0.6 is 23.4 Å². The van der Waals surface area contributed by atoms with Crippen LogP contribution in [0.2, 0.25) is 5.02 Å². The van der Waals surface area contributed by atoms with Gasteiger partial charge in [-0.2, -0.15) is 0 Å². The molecule has 0 saturated heterocycles. The molecule has 3 aromatic rings. The zero-order valence-corrected chi connectivity index (χ0v) is 17.0. The largest absolute Gasteiger partial charge is 0.462 e. The van der Waals surface area contributed by atoms with Crippen molar-refractivity contribution in [1.29, 1.82) is 0 Å². The van der Waals surface area contributed by atoms with Gasteiger partial charge in [-0.25, -0.2) is 9.47 Å². The van der Waals surface area contributed by atoms with Crippen LogP contribution in [0.25, 0.3) is 11.4 Å². The van der Waals surface area contributed by atoms with Crippen molar-refractivity contribution >= 4 is 40.9 Å².